The lowest BCUT2D eigenvalue weighted by Crippen LogP contribution is -2.25. The Morgan fingerprint density at radius 3 is 2.56 bits per heavy atom. The molecule has 0 radical (unpaired) electrons. The average molecular weight is 460 g/mol. The summed E-state index contributed by atoms with van der Waals surface area (Å²) in [5.41, 5.74) is 4.68. The van der Waals surface area contributed by atoms with E-state index in [9.17, 15) is 9.59 Å². The van der Waals surface area contributed by atoms with Crippen LogP contribution in [0.3, 0.4) is 0 Å². The highest BCUT2D eigenvalue weighted by Crippen LogP contribution is 2.32. The van der Waals surface area contributed by atoms with Gasteiger partial charge in [0.25, 0.3) is 5.56 Å². The van der Waals surface area contributed by atoms with Gasteiger partial charge in [0, 0.05) is 31.6 Å². The molecule has 0 atom stereocenters. The van der Waals surface area contributed by atoms with Crippen molar-refractivity contribution in [2.45, 2.75) is 26.7 Å². The molecule has 0 fully saturated rings. The van der Waals surface area contributed by atoms with Gasteiger partial charge in [-0.05, 0) is 38.1 Å². The average Bonchev–Trinajstić information content (AvgIpc) is 3.17. The van der Waals surface area contributed by atoms with E-state index in [0.29, 0.717) is 53.0 Å². The van der Waals surface area contributed by atoms with Gasteiger partial charge in [0.05, 0.1) is 11.4 Å². The molecule has 5 rings (SSSR count). The first-order valence-electron chi connectivity index (χ1n) is 11.1. The highest BCUT2D eigenvalue weighted by molar-refractivity contribution is 5.91. The molecule has 0 bridgehead atoms. The van der Waals surface area contributed by atoms with Crippen molar-refractivity contribution >= 4 is 22.8 Å². The number of rotatable bonds is 5. The van der Waals surface area contributed by atoms with Crippen molar-refractivity contribution in [2.75, 3.05) is 18.5 Å². The molecule has 9 nitrogen and oxygen atoms in total. The molecule has 9 heteroatoms. The van der Waals surface area contributed by atoms with Crippen LogP contribution < -0.4 is 20.3 Å². The van der Waals surface area contributed by atoms with Crippen LogP contribution in [0, 0.1) is 13.8 Å². The number of fused-ring (bicyclic) bond motifs is 2. The summed E-state index contributed by atoms with van der Waals surface area (Å²) in [6.45, 7) is 4.86. The van der Waals surface area contributed by atoms with Crippen LogP contribution in [-0.2, 0) is 18.3 Å². The van der Waals surface area contributed by atoms with E-state index in [1.54, 1.807) is 34.5 Å². The van der Waals surface area contributed by atoms with Crippen LogP contribution in [0.25, 0.3) is 16.9 Å². The van der Waals surface area contributed by atoms with Gasteiger partial charge in [0.2, 0.25) is 5.91 Å². The summed E-state index contributed by atoms with van der Waals surface area (Å²) in [5, 5.41) is 7.46. The number of carbonyl (C=O) groups is 1. The van der Waals surface area contributed by atoms with Crippen molar-refractivity contribution in [3.8, 4) is 17.2 Å². The minimum atomic E-state index is -0.243. The highest BCUT2D eigenvalue weighted by Gasteiger charge is 2.18. The molecule has 2 aromatic carbocycles. The Balaban J connectivity index is 1.36. The predicted molar refractivity (Wildman–Crippen MR) is 128 cm³/mol. The summed E-state index contributed by atoms with van der Waals surface area (Å²) in [5.74, 6) is 1.05. The van der Waals surface area contributed by atoms with Crippen LogP contribution >= 0.6 is 0 Å². The molecule has 34 heavy (non-hydrogen) atoms. The molecular formula is C25H25N5O4. The maximum atomic E-state index is 13.1. The smallest absolute Gasteiger partial charge is 0.273 e. The minimum Gasteiger partial charge on any atom is -0.486 e. The molecular weight excluding hydrogens is 434 g/mol. The first-order valence-corrected chi connectivity index (χ1v) is 11.1. The molecule has 3 heterocycles. The van der Waals surface area contributed by atoms with Crippen LogP contribution in [0.2, 0.25) is 0 Å². The van der Waals surface area contributed by atoms with Crippen molar-refractivity contribution in [1.29, 1.82) is 0 Å². The Morgan fingerprint density at radius 2 is 1.79 bits per heavy atom. The van der Waals surface area contributed by atoms with E-state index in [1.165, 1.54) is 0 Å². The monoisotopic (exact) mass is 459 g/mol. The lowest BCUT2D eigenvalue weighted by molar-refractivity contribution is -0.116. The summed E-state index contributed by atoms with van der Waals surface area (Å²) in [6, 6.07) is 13.2. The zero-order chi connectivity index (χ0) is 23.8. The molecule has 0 saturated carbocycles. The summed E-state index contributed by atoms with van der Waals surface area (Å²) < 4.78 is 14.3. The van der Waals surface area contributed by atoms with Gasteiger partial charge in [0.15, 0.2) is 17.1 Å². The van der Waals surface area contributed by atoms with Gasteiger partial charge in [-0.25, -0.2) is 9.67 Å². The van der Waals surface area contributed by atoms with Gasteiger partial charge in [0.1, 0.15) is 24.4 Å². The van der Waals surface area contributed by atoms with Crippen LogP contribution in [0.4, 0.5) is 5.69 Å². The number of anilines is 1. The zero-order valence-electron chi connectivity index (χ0n) is 19.3. The third-order valence-electron chi connectivity index (χ3n) is 5.81. The normalized spacial score (nSPS) is 12.7. The Labute approximate surface area is 195 Å². The van der Waals surface area contributed by atoms with Gasteiger partial charge in [-0.15, -0.1) is 0 Å². The Bertz CT molecular complexity index is 1450. The second kappa shape index (κ2) is 8.66. The van der Waals surface area contributed by atoms with Gasteiger partial charge in [-0.3, -0.25) is 14.2 Å². The van der Waals surface area contributed by atoms with Gasteiger partial charge >= 0.3 is 0 Å². The van der Waals surface area contributed by atoms with Crippen molar-refractivity contribution < 1.29 is 14.3 Å². The van der Waals surface area contributed by atoms with Crippen molar-refractivity contribution in [3.05, 3.63) is 69.8 Å². The highest BCUT2D eigenvalue weighted by atomic mass is 16.6. The Kier molecular flexibility index (Phi) is 5.53. The maximum absolute atomic E-state index is 13.1. The lowest BCUT2D eigenvalue weighted by Gasteiger charge is -2.19. The molecule has 4 aromatic rings. The fraction of sp³-hybridized carbons (Fsp3) is 0.280. The third kappa shape index (κ3) is 4.00. The molecule has 2 aromatic heterocycles. The van der Waals surface area contributed by atoms with E-state index in [1.807, 2.05) is 38.1 Å². The zero-order valence-corrected chi connectivity index (χ0v) is 19.3. The van der Waals surface area contributed by atoms with Crippen molar-refractivity contribution in [1.82, 2.24) is 19.3 Å². The van der Waals surface area contributed by atoms with E-state index in [-0.39, 0.29) is 24.3 Å². The molecule has 0 saturated heterocycles. The van der Waals surface area contributed by atoms with E-state index in [4.69, 9.17) is 9.47 Å². The molecule has 1 N–H and O–H groups in total. The third-order valence-corrected chi connectivity index (χ3v) is 5.81. The summed E-state index contributed by atoms with van der Waals surface area (Å²) >= 11 is 0. The van der Waals surface area contributed by atoms with Crippen molar-refractivity contribution in [2.24, 2.45) is 7.05 Å². The summed E-state index contributed by atoms with van der Waals surface area (Å²) in [7, 11) is 1.71. The van der Waals surface area contributed by atoms with Gasteiger partial charge < -0.3 is 14.8 Å². The Hall–Kier alpha value is -4.14. The number of aromatic nitrogens is 4. The van der Waals surface area contributed by atoms with Gasteiger partial charge in [-0.2, -0.15) is 5.10 Å². The summed E-state index contributed by atoms with van der Waals surface area (Å²) in [4.78, 5) is 30.2. The minimum absolute atomic E-state index is 0.118. The van der Waals surface area contributed by atoms with Crippen LogP contribution in [0.5, 0.6) is 11.5 Å². The standard InChI is InChI=1S/C25H25N5O4/c1-15-4-7-18(8-5-15)30-24-23(16(2)28-30)27-19(25(32)29(24)3)9-11-22(31)26-17-6-10-20-21(14-17)34-13-12-33-20/h4-8,10,14H,9,11-13H2,1-3H3,(H,26,31). The molecule has 174 valence electrons. The number of benzene rings is 2. The van der Waals surface area contributed by atoms with E-state index in [2.05, 4.69) is 15.4 Å². The topological polar surface area (TPSA) is 100 Å². The first-order chi connectivity index (χ1) is 16.4. The molecule has 0 aliphatic carbocycles. The number of carbonyl (C=O) groups excluding carboxylic acids is 1. The number of hydrogen-bond acceptors (Lipinski definition) is 6. The SMILES string of the molecule is Cc1ccc(-n2nc(C)c3nc(CCC(=O)Nc4ccc5c(c4)OCCO5)c(=O)n(C)c32)cc1. The number of ether oxygens (including phenoxy) is 2. The molecule has 1 aliphatic heterocycles. The Morgan fingerprint density at radius 1 is 1.06 bits per heavy atom. The fourth-order valence-electron chi connectivity index (χ4n) is 4.02. The first kappa shape index (κ1) is 21.7. The maximum Gasteiger partial charge on any atom is 0.273 e. The predicted octanol–water partition coefficient (Wildman–Crippen LogP) is 3.08. The fourth-order valence-corrected chi connectivity index (χ4v) is 4.02. The molecule has 0 unspecified atom stereocenters. The van der Waals surface area contributed by atoms with Crippen molar-refractivity contribution in [3.63, 3.8) is 0 Å². The van der Waals surface area contributed by atoms with E-state index in [0.717, 1.165) is 11.3 Å². The van der Waals surface area contributed by atoms with Crippen LogP contribution in [-0.4, -0.2) is 38.5 Å². The van der Waals surface area contributed by atoms with Crippen LogP contribution in [0.15, 0.2) is 47.3 Å². The number of aryl methyl sites for hydroxylation is 4. The number of nitrogens with one attached hydrogen (secondary N) is 1. The molecule has 1 amide bonds. The quantitative estimate of drug-likeness (QED) is 0.492. The van der Waals surface area contributed by atoms with Crippen LogP contribution in [0.1, 0.15) is 23.4 Å². The number of hydrogen-bond donors (Lipinski definition) is 1. The second-order valence-electron chi connectivity index (χ2n) is 8.33. The number of amides is 1. The molecule has 0 spiro atoms. The van der Waals surface area contributed by atoms with E-state index >= 15 is 0 Å². The lowest BCUT2D eigenvalue weighted by atomic mass is 10.2. The largest absolute Gasteiger partial charge is 0.486 e. The van der Waals surface area contributed by atoms with E-state index < -0.39 is 0 Å². The van der Waals surface area contributed by atoms with Gasteiger partial charge in [-0.1, -0.05) is 17.7 Å². The summed E-state index contributed by atoms with van der Waals surface area (Å²) in [6.07, 6.45) is 0.335. The number of nitrogens with zero attached hydrogens (tertiary/aromatic N) is 4. The molecule has 1 aliphatic rings. The second-order valence-corrected chi connectivity index (χ2v) is 8.33.